The van der Waals surface area contributed by atoms with E-state index in [1.807, 2.05) is 6.26 Å². The van der Waals surface area contributed by atoms with Gasteiger partial charge in [0.05, 0.1) is 0 Å². The van der Waals surface area contributed by atoms with Gasteiger partial charge in [0.25, 0.3) is 0 Å². The van der Waals surface area contributed by atoms with Crippen LogP contribution < -0.4 is 0 Å². The van der Waals surface area contributed by atoms with E-state index in [0.29, 0.717) is 5.41 Å². The number of allylic oxidation sites excluding steroid dienone is 2. The molecule has 2 aliphatic rings. The summed E-state index contributed by atoms with van der Waals surface area (Å²) in [5.41, 5.74) is 0.419. The monoisotopic (exact) mass is 171 g/mol. The third kappa shape index (κ3) is 0.804. The Morgan fingerprint density at radius 2 is 1.82 bits per heavy atom. The van der Waals surface area contributed by atoms with Crippen molar-refractivity contribution in [3.63, 3.8) is 0 Å². The molecule has 0 N–H and O–H groups in total. The molecule has 2 nitrogen and oxygen atoms in total. The van der Waals surface area contributed by atoms with Crippen LogP contribution in [-0.2, 0) is 0 Å². The third-order valence-electron chi connectivity index (χ3n) is 2.66. The van der Waals surface area contributed by atoms with Gasteiger partial charge in [-0.2, -0.15) is 0 Å². The van der Waals surface area contributed by atoms with E-state index in [1.54, 1.807) is 0 Å². The summed E-state index contributed by atoms with van der Waals surface area (Å²) in [4.78, 5) is 13.3. The van der Waals surface area contributed by atoms with Gasteiger partial charge < -0.3 is 0 Å². The van der Waals surface area contributed by atoms with Gasteiger partial charge in [0.15, 0.2) is 0 Å². The summed E-state index contributed by atoms with van der Waals surface area (Å²) in [5.74, 6) is 0. The zero-order chi connectivity index (χ0) is 8.28. The molecule has 2 rings (SSSR count). The van der Waals surface area contributed by atoms with E-state index in [9.17, 15) is 4.91 Å². The molecule has 0 aromatic rings. The molecule has 0 bridgehead atoms. The molecule has 1 aliphatic heterocycles. The van der Waals surface area contributed by atoms with Crippen LogP contribution in [0.4, 0.5) is 0 Å². The number of nitrogens with zero attached hydrogens (tertiary/aromatic N) is 1. The summed E-state index contributed by atoms with van der Waals surface area (Å²) < 4.78 is 3.24. The zero-order valence-corrected chi connectivity index (χ0v) is 7.99. The topological polar surface area (TPSA) is 29.4 Å². The molecular weight excluding hydrogens is 158 g/mol. The highest BCUT2D eigenvalue weighted by Gasteiger charge is 2.54. The highest BCUT2D eigenvalue weighted by Crippen LogP contribution is 2.83. The summed E-state index contributed by atoms with van der Waals surface area (Å²) in [6, 6.07) is 0. The van der Waals surface area contributed by atoms with Crippen molar-refractivity contribution < 1.29 is 0 Å². The van der Waals surface area contributed by atoms with Crippen molar-refractivity contribution in [1.29, 1.82) is 0 Å². The van der Waals surface area contributed by atoms with E-state index >= 15 is 0 Å². The number of rotatable bonds is 1. The second-order valence-electron chi connectivity index (χ2n) is 4.31. The van der Waals surface area contributed by atoms with Crippen LogP contribution in [0.2, 0.25) is 0 Å². The van der Waals surface area contributed by atoms with Gasteiger partial charge in [-0.15, -0.1) is 4.91 Å². The molecule has 0 unspecified atom stereocenters. The van der Waals surface area contributed by atoms with Crippen LogP contribution in [0.5, 0.6) is 0 Å². The van der Waals surface area contributed by atoms with Crippen LogP contribution in [0.25, 0.3) is 0 Å². The minimum atomic E-state index is -1.16. The van der Waals surface area contributed by atoms with Gasteiger partial charge in [0.2, 0.25) is 0 Å². The number of hydrogen-bond donors (Lipinski definition) is 0. The van der Waals surface area contributed by atoms with Crippen molar-refractivity contribution in [2.75, 3.05) is 6.26 Å². The smallest absolute Gasteiger partial charge is 0.00401 e. The van der Waals surface area contributed by atoms with Crippen LogP contribution in [0.3, 0.4) is 0 Å². The Morgan fingerprint density at radius 1 is 1.36 bits per heavy atom. The minimum absolute atomic E-state index is 0.419. The zero-order valence-electron chi connectivity index (χ0n) is 7.18. The van der Waals surface area contributed by atoms with E-state index in [0.717, 1.165) is 12.8 Å². The molecular formula is C8H13NOS. The van der Waals surface area contributed by atoms with E-state index in [4.69, 9.17) is 0 Å². The van der Waals surface area contributed by atoms with E-state index in [1.165, 1.54) is 9.81 Å². The van der Waals surface area contributed by atoms with E-state index in [2.05, 4.69) is 18.4 Å². The Balaban J connectivity index is 2.15. The predicted octanol–water partition coefficient (Wildman–Crippen LogP) is 3.15. The minimum Gasteiger partial charge on any atom is -0.138 e. The molecule has 62 valence electrons. The van der Waals surface area contributed by atoms with Crippen molar-refractivity contribution in [3.05, 3.63) is 14.7 Å². The Labute approximate surface area is 68.5 Å². The molecule has 0 radical (unpaired) electrons. The van der Waals surface area contributed by atoms with Gasteiger partial charge >= 0.3 is 0 Å². The number of hydrogen-bond acceptors (Lipinski definition) is 2. The van der Waals surface area contributed by atoms with Gasteiger partial charge in [-0.05, 0) is 29.1 Å². The van der Waals surface area contributed by atoms with Crippen LogP contribution in [0.1, 0.15) is 26.7 Å². The molecule has 11 heavy (non-hydrogen) atoms. The van der Waals surface area contributed by atoms with Gasteiger partial charge in [0, 0.05) is 9.81 Å². The molecule has 0 fully saturated rings. The maximum atomic E-state index is 10.5. The second-order valence-corrected chi connectivity index (χ2v) is 7.20. The van der Waals surface area contributed by atoms with Gasteiger partial charge in [-0.1, -0.05) is 24.1 Å². The second kappa shape index (κ2) is 1.71. The summed E-state index contributed by atoms with van der Waals surface area (Å²) in [5, 5.41) is 0. The first kappa shape index (κ1) is 7.35. The van der Waals surface area contributed by atoms with Crippen LogP contribution in [0, 0.1) is 10.3 Å². The third-order valence-corrected chi connectivity index (χ3v) is 5.45. The molecule has 0 aromatic heterocycles. The van der Waals surface area contributed by atoms with Crippen molar-refractivity contribution in [3.8, 4) is 0 Å². The van der Waals surface area contributed by atoms with E-state index in [-0.39, 0.29) is 0 Å². The fourth-order valence-electron chi connectivity index (χ4n) is 1.89. The Kier molecular flexibility index (Phi) is 1.14. The Bertz CT molecular complexity index is 249. The van der Waals surface area contributed by atoms with Crippen molar-refractivity contribution >= 4 is 10.2 Å². The Hall–Kier alpha value is -0.310. The van der Waals surface area contributed by atoms with Gasteiger partial charge in [-0.3, -0.25) is 0 Å². The summed E-state index contributed by atoms with van der Waals surface area (Å²) in [6.45, 7) is 4.51. The Morgan fingerprint density at radius 3 is 2.18 bits per heavy atom. The molecule has 0 saturated heterocycles. The SMILES string of the molecule is CC1(C)CC2=C(C1)S2(C)N=O. The molecule has 0 atom stereocenters. The molecule has 3 heteroatoms. The lowest BCUT2D eigenvalue weighted by atomic mass is 9.91. The largest absolute Gasteiger partial charge is 0.138 e. The molecule has 1 aliphatic carbocycles. The lowest BCUT2D eigenvalue weighted by molar-refractivity contribution is 0.393. The van der Waals surface area contributed by atoms with E-state index < -0.39 is 10.2 Å². The van der Waals surface area contributed by atoms with Gasteiger partial charge in [0.1, 0.15) is 0 Å². The lowest BCUT2D eigenvalue weighted by Crippen LogP contribution is -2.09. The summed E-state index contributed by atoms with van der Waals surface area (Å²) >= 11 is 0. The van der Waals surface area contributed by atoms with Gasteiger partial charge in [-0.25, -0.2) is 0 Å². The highest BCUT2D eigenvalue weighted by atomic mass is 32.3. The molecule has 0 aromatic carbocycles. The average molecular weight is 171 g/mol. The van der Waals surface area contributed by atoms with Crippen LogP contribution >= 0.6 is 10.2 Å². The van der Waals surface area contributed by atoms with Crippen molar-refractivity contribution in [2.24, 2.45) is 10.00 Å². The normalized spacial score (nSPS) is 33.0. The quantitative estimate of drug-likeness (QED) is 0.557. The standard InChI is InChI=1S/C8H13NOS/c1-8(2)4-6-7(5-8)11(6,3)9-10/h4-5H2,1-3H3. The fraction of sp³-hybridized carbons (Fsp3) is 0.750. The fourth-order valence-corrected chi connectivity index (χ4v) is 4.71. The maximum absolute atomic E-state index is 10.5. The predicted molar refractivity (Wildman–Crippen MR) is 49.4 cm³/mol. The first-order chi connectivity index (χ1) is 4.99. The highest BCUT2D eigenvalue weighted by molar-refractivity contribution is 8.43. The first-order valence-corrected chi connectivity index (χ1v) is 5.84. The maximum Gasteiger partial charge on any atom is 0.00401 e. The lowest BCUT2D eigenvalue weighted by Gasteiger charge is -2.26. The van der Waals surface area contributed by atoms with Crippen LogP contribution in [-0.4, -0.2) is 6.26 Å². The summed E-state index contributed by atoms with van der Waals surface area (Å²) in [6.07, 6.45) is 4.24. The van der Waals surface area contributed by atoms with Crippen LogP contribution in [0.15, 0.2) is 14.4 Å². The molecule has 1 heterocycles. The number of nitroso groups, excluding NO2 is 1. The molecule has 0 saturated carbocycles. The van der Waals surface area contributed by atoms with Crippen molar-refractivity contribution in [2.45, 2.75) is 26.7 Å². The molecule has 0 spiro atoms. The average Bonchev–Trinajstić information content (AvgIpc) is 2.33. The summed E-state index contributed by atoms with van der Waals surface area (Å²) in [7, 11) is -1.16. The molecule has 0 amide bonds. The van der Waals surface area contributed by atoms with Crippen molar-refractivity contribution in [1.82, 2.24) is 0 Å². The first-order valence-electron chi connectivity index (χ1n) is 3.85.